The Morgan fingerprint density at radius 3 is 2.54 bits per heavy atom. The number of carbonyl (C=O) groups excluding carboxylic acids is 1. The van der Waals surface area contributed by atoms with Crippen molar-refractivity contribution in [1.29, 1.82) is 10.5 Å². The van der Waals surface area contributed by atoms with Crippen LogP contribution in [-0.2, 0) is 6.61 Å². The van der Waals surface area contributed by atoms with Crippen molar-refractivity contribution in [1.82, 2.24) is 0 Å². The molecule has 0 saturated heterocycles. The second kappa shape index (κ2) is 8.48. The van der Waals surface area contributed by atoms with Gasteiger partial charge in [0.1, 0.15) is 24.2 Å². The molecular weight excluding hydrogens is 357 g/mol. The van der Waals surface area contributed by atoms with Gasteiger partial charge in [-0.25, -0.2) is 4.39 Å². The fourth-order valence-electron chi connectivity index (χ4n) is 2.54. The molecule has 6 heteroatoms. The zero-order chi connectivity index (χ0) is 19.9. The highest BCUT2D eigenvalue weighted by Gasteiger charge is 2.10. The number of nitrogens with zero attached hydrogens (tertiary/aromatic N) is 2. The first kappa shape index (κ1) is 18.6. The molecule has 3 aromatic carbocycles. The van der Waals surface area contributed by atoms with Crippen LogP contribution in [0.15, 0.2) is 66.7 Å². The number of ether oxygens (including phenoxy) is 1. The Kier molecular flexibility index (Phi) is 5.64. The maximum absolute atomic E-state index is 13.4. The lowest BCUT2D eigenvalue weighted by atomic mass is 10.1. The lowest BCUT2D eigenvalue weighted by Gasteiger charge is -2.10. The fourth-order valence-corrected chi connectivity index (χ4v) is 2.54. The van der Waals surface area contributed by atoms with Crippen molar-refractivity contribution in [2.75, 3.05) is 5.32 Å². The van der Waals surface area contributed by atoms with E-state index in [4.69, 9.17) is 15.3 Å². The largest absolute Gasteiger partial charge is 0.489 e. The Bertz CT molecular complexity index is 1110. The summed E-state index contributed by atoms with van der Waals surface area (Å²) < 4.78 is 19.1. The predicted octanol–water partition coefficient (Wildman–Crippen LogP) is 4.40. The number of hydrogen-bond acceptors (Lipinski definition) is 4. The van der Waals surface area contributed by atoms with Gasteiger partial charge in [0.15, 0.2) is 0 Å². The Hall–Kier alpha value is -4.16. The lowest BCUT2D eigenvalue weighted by Crippen LogP contribution is -2.12. The molecule has 0 aliphatic rings. The van der Waals surface area contributed by atoms with Crippen LogP contribution >= 0.6 is 0 Å². The van der Waals surface area contributed by atoms with Crippen molar-refractivity contribution >= 4 is 11.6 Å². The van der Waals surface area contributed by atoms with E-state index in [1.54, 1.807) is 48.5 Å². The standard InChI is InChI=1S/C22H14FN3O2/c23-21-9-8-19(10-18(21)13-25)26-22(27)15-6-3-7-20(11-15)28-14-17-5-2-1-4-16(17)12-24/h1-11H,14H2,(H,26,27). The van der Waals surface area contributed by atoms with E-state index < -0.39 is 11.7 Å². The molecule has 3 aromatic rings. The molecule has 28 heavy (non-hydrogen) atoms. The van der Waals surface area contributed by atoms with Crippen molar-refractivity contribution in [2.24, 2.45) is 0 Å². The Morgan fingerprint density at radius 1 is 0.964 bits per heavy atom. The van der Waals surface area contributed by atoms with Gasteiger partial charge < -0.3 is 10.1 Å². The van der Waals surface area contributed by atoms with Gasteiger partial charge in [0, 0.05) is 16.8 Å². The van der Waals surface area contributed by atoms with Gasteiger partial charge in [0.2, 0.25) is 0 Å². The number of nitriles is 2. The molecule has 0 spiro atoms. The fraction of sp³-hybridized carbons (Fsp3) is 0.0455. The number of carbonyl (C=O) groups is 1. The van der Waals surface area contributed by atoms with E-state index in [9.17, 15) is 9.18 Å². The van der Waals surface area contributed by atoms with Crippen LogP contribution in [0.4, 0.5) is 10.1 Å². The molecular formula is C22H14FN3O2. The number of halogens is 1. The molecule has 136 valence electrons. The molecule has 3 rings (SSSR count). The third-order valence-electron chi connectivity index (χ3n) is 3.97. The average Bonchev–Trinajstić information content (AvgIpc) is 2.74. The van der Waals surface area contributed by atoms with Crippen molar-refractivity contribution in [2.45, 2.75) is 6.61 Å². The van der Waals surface area contributed by atoms with E-state index >= 15 is 0 Å². The smallest absolute Gasteiger partial charge is 0.255 e. The SMILES string of the molecule is N#Cc1cc(NC(=O)c2cccc(OCc3ccccc3C#N)c2)ccc1F. The zero-order valence-electron chi connectivity index (χ0n) is 14.6. The summed E-state index contributed by atoms with van der Waals surface area (Å²) in [6.07, 6.45) is 0. The van der Waals surface area contributed by atoms with Crippen LogP contribution in [0.1, 0.15) is 27.0 Å². The predicted molar refractivity (Wildman–Crippen MR) is 101 cm³/mol. The second-order valence-electron chi connectivity index (χ2n) is 5.85. The topological polar surface area (TPSA) is 85.9 Å². The van der Waals surface area contributed by atoms with Gasteiger partial charge in [0.25, 0.3) is 5.91 Å². The second-order valence-corrected chi connectivity index (χ2v) is 5.85. The first-order chi connectivity index (χ1) is 13.6. The van der Waals surface area contributed by atoms with Gasteiger partial charge in [-0.15, -0.1) is 0 Å². The van der Waals surface area contributed by atoms with Gasteiger partial charge in [-0.3, -0.25) is 4.79 Å². The summed E-state index contributed by atoms with van der Waals surface area (Å²) in [4.78, 5) is 12.4. The van der Waals surface area contributed by atoms with Crippen LogP contribution < -0.4 is 10.1 Å². The Morgan fingerprint density at radius 2 is 1.75 bits per heavy atom. The molecule has 0 aliphatic heterocycles. The maximum Gasteiger partial charge on any atom is 0.255 e. The molecule has 0 aromatic heterocycles. The van der Waals surface area contributed by atoms with Crippen LogP contribution in [0.2, 0.25) is 0 Å². The Labute approximate surface area is 161 Å². The minimum absolute atomic E-state index is 0.147. The van der Waals surface area contributed by atoms with Crippen molar-refractivity contribution in [3.63, 3.8) is 0 Å². The van der Waals surface area contributed by atoms with Crippen LogP contribution in [0.5, 0.6) is 5.75 Å². The quantitative estimate of drug-likeness (QED) is 0.720. The number of amides is 1. The summed E-state index contributed by atoms with van der Waals surface area (Å²) in [5.74, 6) is -0.593. The molecule has 0 atom stereocenters. The lowest BCUT2D eigenvalue weighted by molar-refractivity contribution is 0.102. The minimum atomic E-state index is -0.645. The highest BCUT2D eigenvalue weighted by Crippen LogP contribution is 2.19. The van der Waals surface area contributed by atoms with Gasteiger partial charge in [0.05, 0.1) is 17.2 Å². The monoisotopic (exact) mass is 371 g/mol. The summed E-state index contributed by atoms with van der Waals surface area (Å²) >= 11 is 0. The van der Waals surface area contributed by atoms with Crippen LogP contribution in [0.25, 0.3) is 0 Å². The van der Waals surface area contributed by atoms with E-state index in [1.165, 1.54) is 12.1 Å². The third-order valence-corrected chi connectivity index (χ3v) is 3.97. The molecule has 0 fully saturated rings. The summed E-state index contributed by atoms with van der Waals surface area (Å²) in [5.41, 5.74) is 1.79. The molecule has 0 bridgehead atoms. The molecule has 0 unspecified atom stereocenters. The maximum atomic E-state index is 13.4. The normalized spacial score (nSPS) is 9.82. The van der Waals surface area contributed by atoms with E-state index in [2.05, 4.69) is 11.4 Å². The summed E-state index contributed by atoms with van der Waals surface area (Å²) in [6, 6.07) is 21.3. The molecule has 0 radical (unpaired) electrons. The van der Waals surface area contributed by atoms with Gasteiger partial charge in [-0.05, 0) is 42.5 Å². The first-order valence-corrected chi connectivity index (χ1v) is 8.32. The van der Waals surface area contributed by atoms with E-state index in [0.717, 1.165) is 11.6 Å². The molecule has 1 amide bonds. The molecule has 0 aliphatic carbocycles. The first-order valence-electron chi connectivity index (χ1n) is 8.32. The number of nitrogens with one attached hydrogen (secondary N) is 1. The van der Waals surface area contributed by atoms with Crippen LogP contribution in [0, 0.1) is 28.5 Å². The van der Waals surface area contributed by atoms with Crippen molar-refractivity contribution in [3.05, 3.63) is 94.8 Å². The van der Waals surface area contributed by atoms with Crippen LogP contribution in [0.3, 0.4) is 0 Å². The van der Waals surface area contributed by atoms with Gasteiger partial charge >= 0.3 is 0 Å². The van der Waals surface area contributed by atoms with Gasteiger partial charge in [-0.2, -0.15) is 10.5 Å². The van der Waals surface area contributed by atoms with E-state index in [1.807, 2.05) is 6.07 Å². The highest BCUT2D eigenvalue weighted by atomic mass is 19.1. The minimum Gasteiger partial charge on any atom is -0.489 e. The number of benzene rings is 3. The third kappa shape index (κ3) is 4.32. The molecule has 1 N–H and O–H groups in total. The Balaban J connectivity index is 1.71. The molecule has 0 saturated carbocycles. The number of hydrogen-bond donors (Lipinski definition) is 1. The van der Waals surface area contributed by atoms with Crippen molar-refractivity contribution < 1.29 is 13.9 Å². The number of anilines is 1. The number of rotatable bonds is 5. The van der Waals surface area contributed by atoms with Crippen molar-refractivity contribution in [3.8, 4) is 17.9 Å². The highest BCUT2D eigenvalue weighted by molar-refractivity contribution is 6.04. The summed E-state index contributed by atoms with van der Waals surface area (Å²) in [5, 5.41) is 20.6. The van der Waals surface area contributed by atoms with E-state index in [-0.39, 0.29) is 12.2 Å². The zero-order valence-corrected chi connectivity index (χ0v) is 14.6. The van der Waals surface area contributed by atoms with Gasteiger partial charge in [-0.1, -0.05) is 24.3 Å². The molecule has 0 heterocycles. The van der Waals surface area contributed by atoms with E-state index in [0.29, 0.717) is 22.6 Å². The summed E-state index contributed by atoms with van der Waals surface area (Å²) in [6.45, 7) is 0.193. The van der Waals surface area contributed by atoms with Crippen LogP contribution in [-0.4, -0.2) is 5.91 Å². The average molecular weight is 371 g/mol. The molecule has 5 nitrogen and oxygen atoms in total. The summed E-state index contributed by atoms with van der Waals surface area (Å²) in [7, 11) is 0.